The normalized spacial score (nSPS) is 17.9. The molecule has 2 nitrogen and oxygen atoms in total. The molecular weight excluding hydrogens is 290 g/mol. The van der Waals surface area contributed by atoms with Crippen LogP contribution in [0.5, 0.6) is 0 Å². The van der Waals surface area contributed by atoms with Gasteiger partial charge in [-0.25, -0.2) is 8.78 Å². The molecule has 1 fully saturated rings. The Balaban J connectivity index is 2.09. The minimum atomic E-state index is -0.465. The number of aryl methyl sites for hydroxylation is 1. The van der Waals surface area contributed by atoms with Crippen LogP contribution in [0.25, 0.3) is 0 Å². The summed E-state index contributed by atoms with van der Waals surface area (Å²) >= 11 is 1.56. The van der Waals surface area contributed by atoms with Crippen molar-refractivity contribution >= 4 is 11.3 Å². The number of benzene rings is 1. The minimum Gasteiger partial charge on any atom is -0.314 e. The van der Waals surface area contributed by atoms with Crippen molar-refractivity contribution in [2.75, 3.05) is 26.2 Å². The number of rotatable bonds is 3. The predicted molar refractivity (Wildman–Crippen MR) is 81.7 cm³/mol. The summed E-state index contributed by atoms with van der Waals surface area (Å²) in [6, 6.07) is 4.48. The Morgan fingerprint density at radius 2 is 1.95 bits per heavy atom. The van der Waals surface area contributed by atoms with Crippen LogP contribution in [0.2, 0.25) is 0 Å². The molecule has 0 saturated carbocycles. The van der Waals surface area contributed by atoms with Crippen LogP contribution >= 0.6 is 11.3 Å². The summed E-state index contributed by atoms with van der Waals surface area (Å²) < 4.78 is 28.9. The van der Waals surface area contributed by atoms with Crippen molar-refractivity contribution in [1.29, 1.82) is 0 Å². The maximum atomic E-state index is 14.6. The van der Waals surface area contributed by atoms with Gasteiger partial charge in [-0.15, -0.1) is 0 Å². The van der Waals surface area contributed by atoms with Crippen LogP contribution in [0.4, 0.5) is 8.78 Å². The van der Waals surface area contributed by atoms with Crippen molar-refractivity contribution in [3.8, 4) is 0 Å². The van der Waals surface area contributed by atoms with Crippen molar-refractivity contribution in [2.45, 2.75) is 13.0 Å². The molecule has 112 valence electrons. The lowest BCUT2D eigenvalue weighted by Crippen LogP contribution is -2.45. The molecular formula is C16H18F2N2S. The topological polar surface area (TPSA) is 15.3 Å². The van der Waals surface area contributed by atoms with Crippen LogP contribution in [0.15, 0.2) is 29.0 Å². The maximum absolute atomic E-state index is 14.6. The van der Waals surface area contributed by atoms with Gasteiger partial charge in [0.1, 0.15) is 11.6 Å². The zero-order valence-electron chi connectivity index (χ0n) is 11.9. The van der Waals surface area contributed by atoms with Gasteiger partial charge in [-0.1, -0.05) is 6.07 Å². The van der Waals surface area contributed by atoms with Crippen molar-refractivity contribution in [2.24, 2.45) is 0 Å². The Morgan fingerprint density at radius 1 is 1.19 bits per heavy atom. The third kappa shape index (κ3) is 2.86. The fraction of sp³-hybridized carbons (Fsp3) is 0.375. The lowest BCUT2D eigenvalue weighted by Gasteiger charge is -2.35. The number of nitrogens with one attached hydrogen (secondary N) is 1. The molecule has 0 radical (unpaired) electrons. The SMILES string of the molecule is Cc1ccc(F)c([C@@H](c2ccsc2)N2CCNCC2)c1F. The molecule has 0 amide bonds. The second-order valence-electron chi connectivity index (χ2n) is 5.34. The minimum absolute atomic E-state index is 0.176. The van der Waals surface area contributed by atoms with E-state index in [0.29, 0.717) is 5.56 Å². The molecule has 1 saturated heterocycles. The Morgan fingerprint density at radius 3 is 2.62 bits per heavy atom. The molecule has 1 aliphatic rings. The zero-order chi connectivity index (χ0) is 14.8. The fourth-order valence-electron chi connectivity index (χ4n) is 2.86. The van der Waals surface area contributed by atoms with E-state index >= 15 is 0 Å². The molecule has 1 aliphatic heterocycles. The predicted octanol–water partition coefficient (Wildman–Crippen LogP) is 3.33. The summed E-state index contributed by atoms with van der Waals surface area (Å²) in [4.78, 5) is 2.15. The molecule has 21 heavy (non-hydrogen) atoms. The maximum Gasteiger partial charge on any atom is 0.134 e. The number of hydrogen-bond acceptors (Lipinski definition) is 3. The monoisotopic (exact) mass is 308 g/mol. The average molecular weight is 308 g/mol. The van der Waals surface area contributed by atoms with Gasteiger partial charge >= 0.3 is 0 Å². The number of hydrogen-bond donors (Lipinski definition) is 1. The molecule has 1 N–H and O–H groups in total. The van der Waals surface area contributed by atoms with E-state index in [4.69, 9.17) is 0 Å². The number of thiophene rings is 1. The molecule has 1 aromatic carbocycles. The summed E-state index contributed by atoms with van der Waals surface area (Å²) in [6.07, 6.45) is 0. The van der Waals surface area contributed by atoms with E-state index in [0.717, 1.165) is 31.7 Å². The molecule has 0 aliphatic carbocycles. The van der Waals surface area contributed by atoms with Crippen LogP contribution < -0.4 is 5.32 Å². The van der Waals surface area contributed by atoms with Crippen LogP contribution in [0, 0.1) is 18.6 Å². The zero-order valence-corrected chi connectivity index (χ0v) is 12.7. The number of halogens is 2. The molecule has 3 rings (SSSR count). The van der Waals surface area contributed by atoms with E-state index in [-0.39, 0.29) is 11.6 Å². The quantitative estimate of drug-likeness (QED) is 0.935. The van der Waals surface area contributed by atoms with E-state index in [9.17, 15) is 8.78 Å². The molecule has 1 aromatic heterocycles. The van der Waals surface area contributed by atoms with E-state index in [1.807, 2.05) is 16.8 Å². The smallest absolute Gasteiger partial charge is 0.134 e. The summed E-state index contributed by atoms with van der Waals surface area (Å²) in [6.45, 7) is 4.94. The van der Waals surface area contributed by atoms with Gasteiger partial charge in [-0.05, 0) is 40.9 Å². The van der Waals surface area contributed by atoms with Gasteiger partial charge in [0.05, 0.1) is 6.04 Å². The van der Waals surface area contributed by atoms with Gasteiger partial charge in [0, 0.05) is 31.7 Å². The van der Waals surface area contributed by atoms with Crippen LogP contribution in [-0.4, -0.2) is 31.1 Å². The van der Waals surface area contributed by atoms with Gasteiger partial charge in [0.25, 0.3) is 0 Å². The van der Waals surface area contributed by atoms with Crippen LogP contribution in [0.3, 0.4) is 0 Å². The third-order valence-corrected chi connectivity index (χ3v) is 4.67. The lowest BCUT2D eigenvalue weighted by atomic mass is 9.96. The van der Waals surface area contributed by atoms with Crippen LogP contribution in [-0.2, 0) is 0 Å². The summed E-state index contributed by atoms with van der Waals surface area (Å²) in [7, 11) is 0. The molecule has 2 aromatic rings. The third-order valence-electron chi connectivity index (χ3n) is 3.97. The van der Waals surface area contributed by atoms with Gasteiger partial charge in [0.2, 0.25) is 0 Å². The highest BCUT2D eigenvalue weighted by atomic mass is 32.1. The Kier molecular flexibility index (Phi) is 4.33. The summed E-state index contributed by atoms with van der Waals surface area (Å²) in [5.74, 6) is -0.891. The Labute approximate surface area is 127 Å². The summed E-state index contributed by atoms with van der Waals surface area (Å²) in [5, 5.41) is 7.21. The second kappa shape index (κ2) is 6.22. The summed E-state index contributed by atoms with van der Waals surface area (Å²) in [5.41, 5.74) is 1.63. The fourth-order valence-corrected chi connectivity index (χ4v) is 3.54. The van der Waals surface area contributed by atoms with E-state index < -0.39 is 11.6 Å². The largest absolute Gasteiger partial charge is 0.314 e. The van der Waals surface area contributed by atoms with Gasteiger partial charge in [-0.2, -0.15) is 11.3 Å². The first-order valence-electron chi connectivity index (χ1n) is 7.10. The van der Waals surface area contributed by atoms with Crippen molar-refractivity contribution < 1.29 is 8.78 Å². The molecule has 5 heteroatoms. The molecule has 0 bridgehead atoms. The highest BCUT2D eigenvalue weighted by Gasteiger charge is 2.29. The van der Waals surface area contributed by atoms with Crippen molar-refractivity contribution in [3.63, 3.8) is 0 Å². The highest BCUT2D eigenvalue weighted by Crippen LogP contribution is 2.34. The van der Waals surface area contributed by atoms with Crippen molar-refractivity contribution in [3.05, 3.63) is 57.3 Å². The Hall–Kier alpha value is -1.30. The number of nitrogens with zero attached hydrogens (tertiary/aromatic N) is 1. The van der Waals surface area contributed by atoms with Crippen LogP contribution in [0.1, 0.15) is 22.7 Å². The first-order chi connectivity index (χ1) is 10.2. The second-order valence-corrected chi connectivity index (χ2v) is 6.12. The standard InChI is InChI=1S/C16H18F2N2S/c1-11-2-3-13(17)14(15(11)18)16(12-4-9-21-10-12)20-7-5-19-6-8-20/h2-4,9-10,16,19H,5-8H2,1H3/t16-/m1/s1. The molecule has 0 spiro atoms. The number of piperazine rings is 1. The first kappa shape index (κ1) is 14.6. The lowest BCUT2D eigenvalue weighted by molar-refractivity contribution is 0.192. The Bertz CT molecular complexity index is 607. The van der Waals surface area contributed by atoms with Gasteiger partial charge < -0.3 is 5.32 Å². The van der Waals surface area contributed by atoms with E-state index in [1.54, 1.807) is 18.3 Å². The van der Waals surface area contributed by atoms with Gasteiger partial charge in [-0.3, -0.25) is 4.90 Å². The van der Waals surface area contributed by atoms with E-state index in [1.165, 1.54) is 12.1 Å². The molecule has 1 atom stereocenters. The van der Waals surface area contributed by atoms with E-state index in [2.05, 4.69) is 10.2 Å². The first-order valence-corrected chi connectivity index (χ1v) is 8.04. The van der Waals surface area contributed by atoms with Gasteiger partial charge in [0.15, 0.2) is 0 Å². The van der Waals surface area contributed by atoms with Crippen molar-refractivity contribution in [1.82, 2.24) is 10.2 Å². The average Bonchev–Trinajstić information content (AvgIpc) is 3.02. The molecule has 0 unspecified atom stereocenters. The molecule has 2 heterocycles. The highest BCUT2D eigenvalue weighted by molar-refractivity contribution is 7.08.